The fourth-order valence-corrected chi connectivity index (χ4v) is 3.49. The summed E-state index contributed by atoms with van der Waals surface area (Å²) >= 11 is 9.06. The predicted molar refractivity (Wildman–Crippen MR) is 78.1 cm³/mol. The molecule has 1 aliphatic carbocycles. The van der Waals surface area contributed by atoms with Crippen molar-refractivity contribution in [2.45, 2.75) is 24.2 Å². The number of hydrogen-bond acceptors (Lipinski definition) is 4. The smallest absolute Gasteiger partial charge is 0.339 e. The van der Waals surface area contributed by atoms with E-state index in [1.165, 1.54) is 25.0 Å². The predicted octanol–water partition coefficient (Wildman–Crippen LogP) is 2.71. The second-order valence-corrected chi connectivity index (χ2v) is 7.50. The maximum Gasteiger partial charge on any atom is 0.339 e. The van der Waals surface area contributed by atoms with Crippen LogP contribution in [0.4, 0.5) is 0 Å². The van der Waals surface area contributed by atoms with Crippen molar-refractivity contribution >= 4 is 43.5 Å². The van der Waals surface area contributed by atoms with E-state index in [4.69, 9.17) is 21.5 Å². The van der Waals surface area contributed by atoms with E-state index in [9.17, 15) is 13.2 Å². The third-order valence-corrected chi connectivity index (χ3v) is 4.90. The van der Waals surface area contributed by atoms with E-state index in [0.29, 0.717) is 17.0 Å². The zero-order chi connectivity index (χ0) is 14.9. The van der Waals surface area contributed by atoms with E-state index in [-0.39, 0.29) is 15.5 Å². The Balaban J connectivity index is 2.21. The van der Waals surface area contributed by atoms with Crippen molar-refractivity contribution in [2.24, 2.45) is 11.1 Å². The zero-order valence-electron chi connectivity index (χ0n) is 10.4. The minimum Gasteiger partial charge on any atom is -0.462 e. The van der Waals surface area contributed by atoms with Crippen LogP contribution >= 0.6 is 27.5 Å². The molecule has 0 amide bonds. The molecule has 2 rings (SSSR count). The van der Waals surface area contributed by atoms with Gasteiger partial charge in [-0.05, 0) is 24.5 Å². The summed E-state index contributed by atoms with van der Waals surface area (Å²) in [5.74, 6) is -0.0115. The average Bonchev–Trinajstić information content (AvgIpc) is 3.14. The number of carbonyl (C=O) groups is 1. The number of esters is 1. The van der Waals surface area contributed by atoms with Gasteiger partial charge in [0.25, 0.3) is 0 Å². The van der Waals surface area contributed by atoms with Crippen LogP contribution < -0.4 is 5.14 Å². The third-order valence-electron chi connectivity index (χ3n) is 2.99. The lowest BCUT2D eigenvalue weighted by Crippen LogP contribution is -2.15. The number of benzene rings is 1. The lowest BCUT2D eigenvalue weighted by Gasteiger charge is -2.09. The topological polar surface area (TPSA) is 86.5 Å². The maximum absolute atomic E-state index is 11.9. The maximum atomic E-state index is 11.9. The summed E-state index contributed by atoms with van der Waals surface area (Å²) in [4.78, 5) is 11.6. The van der Waals surface area contributed by atoms with Crippen molar-refractivity contribution in [1.29, 1.82) is 0 Å². The Morgan fingerprint density at radius 3 is 2.65 bits per heavy atom. The first-order valence-electron chi connectivity index (χ1n) is 5.98. The number of carbonyl (C=O) groups excluding carboxylic acids is 1. The van der Waals surface area contributed by atoms with Crippen LogP contribution in [0.15, 0.2) is 21.5 Å². The second-order valence-electron chi connectivity index (χ2n) is 4.68. The molecule has 20 heavy (non-hydrogen) atoms. The van der Waals surface area contributed by atoms with E-state index in [1.54, 1.807) is 0 Å². The van der Waals surface area contributed by atoms with E-state index in [2.05, 4.69) is 15.9 Å². The zero-order valence-corrected chi connectivity index (χ0v) is 13.6. The first-order valence-corrected chi connectivity index (χ1v) is 8.69. The van der Waals surface area contributed by atoms with E-state index >= 15 is 0 Å². The van der Waals surface area contributed by atoms with Gasteiger partial charge in [-0.2, -0.15) is 0 Å². The Morgan fingerprint density at radius 1 is 1.45 bits per heavy atom. The molecule has 5 nitrogen and oxygen atoms in total. The lowest BCUT2D eigenvalue weighted by molar-refractivity contribution is 0.0494. The van der Waals surface area contributed by atoms with Crippen molar-refractivity contribution in [3.05, 3.63) is 27.2 Å². The summed E-state index contributed by atoms with van der Waals surface area (Å²) in [5.41, 5.74) is -0.0131. The number of sulfonamides is 1. The largest absolute Gasteiger partial charge is 0.462 e. The van der Waals surface area contributed by atoms with Crippen LogP contribution in [-0.4, -0.2) is 21.0 Å². The van der Waals surface area contributed by atoms with Crippen molar-refractivity contribution in [1.82, 2.24) is 0 Å². The molecule has 0 aliphatic heterocycles. The monoisotopic (exact) mass is 381 g/mol. The molecule has 1 saturated carbocycles. The van der Waals surface area contributed by atoms with Gasteiger partial charge in [0.15, 0.2) is 0 Å². The van der Waals surface area contributed by atoms with Gasteiger partial charge in [-0.3, -0.25) is 0 Å². The molecule has 8 heteroatoms. The van der Waals surface area contributed by atoms with E-state index in [0.717, 1.165) is 6.42 Å². The molecule has 1 fully saturated rings. The molecule has 0 unspecified atom stereocenters. The number of rotatable bonds is 5. The number of hydrogen-bond donors (Lipinski definition) is 1. The molecule has 1 aliphatic rings. The van der Waals surface area contributed by atoms with Gasteiger partial charge >= 0.3 is 5.97 Å². The molecule has 110 valence electrons. The summed E-state index contributed by atoms with van der Waals surface area (Å²) in [7, 11) is -4.01. The highest BCUT2D eigenvalue weighted by atomic mass is 79.9. The molecular formula is C12H13BrClNO4S. The van der Waals surface area contributed by atoms with Gasteiger partial charge in [-0.1, -0.05) is 40.4 Å². The highest BCUT2D eigenvalue weighted by molar-refractivity contribution is 9.10. The molecule has 2 N–H and O–H groups in total. The normalized spacial score (nSPS) is 15.2. The van der Waals surface area contributed by atoms with Crippen LogP contribution in [0.25, 0.3) is 0 Å². The Bertz CT molecular complexity index is 643. The summed E-state index contributed by atoms with van der Waals surface area (Å²) in [6.45, 7) is 0.303. The highest BCUT2D eigenvalue weighted by Gasteiger charge is 2.24. The lowest BCUT2D eigenvalue weighted by atomic mass is 10.2. The van der Waals surface area contributed by atoms with Crippen LogP contribution in [0, 0.1) is 5.92 Å². The Labute approximate surface area is 130 Å². The second kappa shape index (κ2) is 6.01. The Hall–Kier alpha value is -0.630. The number of primary sulfonamides is 1. The SMILES string of the molecule is NS(=O)(=O)c1cc(Br)cc(C(=O)OCCC2CC2)c1Cl. The van der Waals surface area contributed by atoms with E-state index in [1.807, 2.05) is 0 Å². The average molecular weight is 383 g/mol. The molecule has 0 atom stereocenters. The molecular weight excluding hydrogens is 370 g/mol. The quantitative estimate of drug-likeness (QED) is 0.793. The molecule has 1 aromatic rings. The minimum atomic E-state index is -4.01. The van der Waals surface area contributed by atoms with E-state index < -0.39 is 16.0 Å². The number of ether oxygens (including phenoxy) is 1. The molecule has 0 aromatic heterocycles. The van der Waals surface area contributed by atoms with Gasteiger partial charge in [0, 0.05) is 4.47 Å². The first-order chi connectivity index (χ1) is 9.29. The Kier molecular flexibility index (Phi) is 4.73. The van der Waals surface area contributed by atoms with Gasteiger partial charge in [-0.25, -0.2) is 18.4 Å². The van der Waals surface area contributed by atoms with Gasteiger partial charge in [0.1, 0.15) is 4.90 Å². The molecule has 0 heterocycles. The number of nitrogens with two attached hydrogens (primary N) is 1. The van der Waals surface area contributed by atoms with Gasteiger partial charge in [-0.15, -0.1) is 0 Å². The summed E-state index contributed by atoms with van der Waals surface area (Å²) in [6.07, 6.45) is 3.16. The fraction of sp³-hybridized carbons (Fsp3) is 0.417. The fourth-order valence-electron chi connectivity index (χ4n) is 1.72. The van der Waals surface area contributed by atoms with Crippen LogP contribution in [0.2, 0.25) is 5.02 Å². The third kappa shape index (κ3) is 3.94. The molecule has 0 saturated heterocycles. The van der Waals surface area contributed by atoms with Gasteiger partial charge < -0.3 is 4.74 Å². The van der Waals surface area contributed by atoms with Crippen LogP contribution in [-0.2, 0) is 14.8 Å². The van der Waals surface area contributed by atoms with Crippen molar-refractivity contribution in [2.75, 3.05) is 6.61 Å². The summed E-state index contributed by atoms with van der Waals surface area (Å²) in [5, 5.41) is 4.84. The minimum absolute atomic E-state index is 0.0131. The molecule has 1 aromatic carbocycles. The van der Waals surface area contributed by atoms with Crippen molar-refractivity contribution in [3.63, 3.8) is 0 Å². The Morgan fingerprint density at radius 2 is 2.10 bits per heavy atom. The van der Waals surface area contributed by atoms with Crippen LogP contribution in [0.1, 0.15) is 29.6 Å². The summed E-state index contributed by atoms with van der Waals surface area (Å²) in [6, 6.07) is 2.66. The number of halogens is 2. The molecule has 0 bridgehead atoms. The first kappa shape index (κ1) is 15.8. The standard InChI is InChI=1S/C12H13BrClNO4S/c13-8-5-9(11(14)10(6-8)20(15,17)18)12(16)19-4-3-7-1-2-7/h5-7H,1-4H2,(H2,15,17,18). The van der Waals surface area contributed by atoms with Crippen LogP contribution in [0.5, 0.6) is 0 Å². The summed E-state index contributed by atoms with van der Waals surface area (Å²) < 4.78 is 28.3. The van der Waals surface area contributed by atoms with Crippen molar-refractivity contribution < 1.29 is 17.9 Å². The van der Waals surface area contributed by atoms with Gasteiger partial charge in [0.2, 0.25) is 10.0 Å². The van der Waals surface area contributed by atoms with Gasteiger partial charge in [0.05, 0.1) is 17.2 Å². The molecule has 0 spiro atoms. The van der Waals surface area contributed by atoms with Crippen molar-refractivity contribution in [3.8, 4) is 0 Å². The molecule has 0 radical (unpaired) electrons. The highest BCUT2D eigenvalue weighted by Crippen LogP contribution is 2.33. The van der Waals surface area contributed by atoms with Crippen LogP contribution in [0.3, 0.4) is 0 Å².